The van der Waals surface area contributed by atoms with E-state index < -0.39 is 0 Å². The molecule has 0 N–H and O–H groups in total. The second kappa shape index (κ2) is 13.0. The first-order valence-corrected chi connectivity index (χ1v) is 13.3. The summed E-state index contributed by atoms with van der Waals surface area (Å²) in [6.07, 6.45) is 5.58. The maximum atomic E-state index is 4.48. The Bertz CT molecular complexity index is 1350. The summed E-state index contributed by atoms with van der Waals surface area (Å²) in [4.78, 5) is 8.91. The van der Waals surface area contributed by atoms with Crippen molar-refractivity contribution in [2.45, 2.75) is 78.6 Å². The van der Waals surface area contributed by atoms with E-state index in [2.05, 4.69) is 133 Å². The van der Waals surface area contributed by atoms with Gasteiger partial charge in [0.05, 0.1) is 0 Å². The molecule has 2 heterocycles. The van der Waals surface area contributed by atoms with E-state index in [4.69, 9.17) is 0 Å². The minimum Gasteiger partial charge on any atom is -0.305 e. The Labute approximate surface area is 250 Å². The molecule has 0 amide bonds. The van der Waals surface area contributed by atoms with Crippen LogP contribution < -0.4 is 0 Å². The Balaban J connectivity index is 0.000000268. The van der Waals surface area contributed by atoms with Gasteiger partial charge < -0.3 is 9.97 Å². The van der Waals surface area contributed by atoms with E-state index in [0.29, 0.717) is 0 Å². The van der Waals surface area contributed by atoms with Crippen LogP contribution in [-0.4, -0.2) is 9.97 Å². The minimum absolute atomic E-state index is 0. The number of aromatic nitrogens is 2. The zero-order valence-electron chi connectivity index (χ0n) is 24.9. The summed E-state index contributed by atoms with van der Waals surface area (Å²) in [7, 11) is 0. The monoisotopic (exact) mass is 695 g/mol. The van der Waals surface area contributed by atoms with Crippen LogP contribution >= 0.6 is 0 Å². The van der Waals surface area contributed by atoms with E-state index in [9.17, 15) is 0 Å². The number of benzene rings is 2. The molecule has 0 unspecified atom stereocenters. The number of pyridine rings is 2. The van der Waals surface area contributed by atoms with Crippen LogP contribution in [-0.2, 0) is 36.4 Å². The van der Waals surface area contributed by atoms with Crippen molar-refractivity contribution in [1.82, 2.24) is 9.97 Å². The van der Waals surface area contributed by atoms with Gasteiger partial charge in [0.1, 0.15) is 0 Å². The van der Waals surface area contributed by atoms with Crippen molar-refractivity contribution in [2.24, 2.45) is 0 Å². The van der Waals surface area contributed by atoms with E-state index in [1.165, 1.54) is 16.7 Å². The average Bonchev–Trinajstić information content (AvgIpc) is 2.88. The molecule has 39 heavy (non-hydrogen) atoms. The summed E-state index contributed by atoms with van der Waals surface area (Å²) in [5.74, 6) is 0. The molecule has 1 radical (unpaired) electrons. The van der Waals surface area contributed by atoms with Gasteiger partial charge >= 0.3 is 0 Å². The fraction of sp³-hybridized carbons (Fsp3) is 0.333. The predicted octanol–water partition coefficient (Wildman–Crippen LogP) is 9.63. The summed E-state index contributed by atoms with van der Waals surface area (Å²) in [5, 5.41) is 0. The van der Waals surface area contributed by atoms with Crippen molar-refractivity contribution in [3.8, 4) is 22.5 Å². The maximum absolute atomic E-state index is 4.48. The molecule has 0 aliphatic heterocycles. The maximum Gasteiger partial charge on any atom is 0.0163 e. The number of nitrogens with zero attached hydrogens (tertiary/aromatic N) is 2. The molecule has 0 saturated carbocycles. The van der Waals surface area contributed by atoms with E-state index in [1.807, 2.05) is 36.7 Å². The fourth-order valence-electron chi connectivity index (χ4n) is 3.86. The van der Waals surface area contributed by atoms with Crippen LogP contribution in [0.4, 0.5) is 0 Å². The Kier molecular flexibility index (Phi) is 10.8. The molecule has 2 nitrogen and oxygen atoms in total. The van der Waals surface area contributed by atoms with Gasteiger partial charge in [0, 0.05) is 32.5 Å². The van der Waals surface area contributed by atoms with Gasteiger partial charge in [0.2, 0.25) is 0 Å². The minimum atomic E-state index is 0. The molecular weight excluding hydrogens is 653 g/mol. The summed E-state index contributed by atoms with van der Waals surface area (Å²) in [6, 6.07) is 27.5. The molecule has 0 aliphatic carbocycles. The van der Waals surface area contributed by atoms with Crippen LogP contribution in [0.1, 0.15) is 84.6 Å². The van der Waals surface area contributed by atoms with Gasteiger partial charge in [-0.25, -0.2) is 0 Å². The molecule has 2 aromatic carbocycles. The molecule has 0 bridgehead atoms. The van der Waals surface area contributed by atoms with Crippen LogP contribution in [0.15, 0.2) is 79.6 Å². The van der Waals surface area contributed by atoms with Gasteiger partial charge in [-0.3, -0.25) is 0 Å². The second-order valence-electron chi connectivity index (χ2n) is 12.8. The van der Waals surface area contributed by atoms with Gasteiger partial charge in [0.15, 0.2) is 0 Å². The zero-order chi connectivity index (χ0) is 28.1. The van der Waals surface area contributed by atoms with Gasteiger partial charge in [-0.1, -0.05) is 74.4 Å². The van der Waals surface area contributed by atoms with Gasteiger partial charge in [-0.05, 0) is 50.9 Å². The Morgan fingerprint density at radius 1 is 0.590 bits per heavy atom. The molecule has 3 heteroatoms. The first kappa shape index (κ1) is 32.3. The van der Waals surface area contributed by atoms with Crippen LogP contribution in [0, 0.1) is 12.1 Å². The first-order valence-electron chi connectivity index (χ1n) is 13.3. The fourth-order valence-corrected chi connectivity index (χ4v) is 3.86. The van der Waals surface area contributed by atoms with Crippen LogP contribution in [0.25, 0.3) is 28.6 Å². The third kappa shape index (κ3) is 9.09. The van der Waals surface area contributed by atoms with Crippen molar-refractivity contribution in [3.05, 3.63) is 114 Å². The zero-order valence-corrected chi connectivity index (χ0v) is 27.3. The molecule has 0 spiro atoms. The van der Waals surface area contributed by atoms with E-state index in [1.54, 1.807) is 0 Å². The molecule has 0 atom stereocenters. The predicted molar refractivity (Wildman–Crippen MR) is 163 cm³/mol. The third-order valence-electron chi connectivity index (χ3n) is 6.56. The number of hydrogen-bond acceptors (Lipinski definition) is 2. The Hall–Kier alpha value is -2.87. The summed E-state index contributed by atoms with van der Waals surface area (Å²) in [6.45, 7) is 23.7. The number of rotatable bonds is 3. The molecule has 2 aromatic heterocycles. The molecule has 0 fully saturated rings. The topological polar surface area (TPSA) is 25.8 Å². The quantitative estimate of drug-likeness (QED) is 0.200. The van der Waals surface area contributed by atoms with Crippen molar-refractivity contribution in [1.29, 1.82) is 0 Å². The van der Waals surface area contributed by atoms with Crippen LogP contribution in [0.3, 0.4) is 0 Å². The second-order valence-corrected chi connectivity index (χ2v) is 12.8. The summed E-state index contributed by atoms with van der Waals surface area (Å²) in [5.41, 5.74) is 9.45. The van der Waals surface area contributed by atoms with Crippen LogP contribution in [0.2, 0.25) is 0 Å². The summed E-state index contributed by atoms with van der Waals surface area (Å²) >= 11 is 0. The van der Waals surface area contributed by atoms with Gasteiger partial charge in [-0.15, -0.1) is 83.4 Å². The normalized spacial score (nSPS) is 11.6. The average molecular weight is 695 g/mol. The van der Waals surface area contributed by atoms with E-state index in [0.717, 1.165) is 28.1 Å². The molecule has 4 rings (SSSR count). The first-order chi connectivity index (χ1) is 17.7. The van der Waals surface area contributed by atoms with Crippen molar-refractivity contribution in [3.63, 3.8) is 0 Å². The third-order valence-corrected chi connectivity index (χ3v) is 6.56. The standard InChI is InChI=1S/C19H24N.C17H18N.Ir/c1-18(2,3)15-9-7-14(8-10-15)17-13-16(11-12-20-17)19(4,5)6;1-5-13-6-8-14(9-7-13)16-12-15(10-11-18-16)17(2,3)4;/h7,9-13H,1-6H3;5-8,10-12H,1H2,2-4H3;/q2*-1;. The molecular formula is C36H42IrN2-2. The molecule has 207 valence electrons. The summed E-state index contributed by atoms with van der Waals surface area (Å²) < 4.78 is 0. The van der Waals surface area contributed by atoms with Gasteiger partial charge in [-0.2, -0.15) is 0 Å². The molecule has 0 aliphatic rings. The largest absolute Gasteiger partial charge is 0.305 e. The van der Waals surface area contributed by atoms with Crippen LogP contribution in [0.5, 0.6) is 0 Å². The molecule has 0 saturated heterocycles. The Morgan fingerprint density at radius 3 is 1.36 bits per heavy atom. The Morgan fingerprint density at radius 2 is 1.03 bits per heavy atom. The van der Waals surface area contributed by atoms with E-state index >= 15 is 0 Å². The number of hydrogen-bond donors (Lipinski definition) is 0. The SMILES string of the molecule is C=Cc1c[c-]c(-c2cc(C(C)(C)C)ccn2)cc1.CC(C)(C)c1c[c-]c(-c2cc(C(C)(C)C)ccn2)cc1.[Ir]. The van der Waals surface area contributed by atoms with Crippen molar-refractivity contribution < 1.29 is 20.1 Å². The van der Waals surface area contributed by atoms with Crippen molar-refractivity contribution in [2.75, 3.05) is 0 Å². The molecule has 4 aromatic rings. The van der Waals surface area contributed by atoms with E-state index in [-0.39, 0.29) is 36.4 Å². The van der Waals surface area contributed by atoms with Crippen molar-refractivity contribution >= 4 is 6.08 Å². The smallest absolute Gasteiger partial charge is 0.0163 e. The van der Waals surface area contributed by atoms with Gasteiger partial charge in [0.25, 0.3) is 0 Å².